The van der Waals surface area contributed by atoms with E-state index < -0.39 is 0 Å². The second-order valence-electron chi connectivity index (χ2n) is 4.05. The van der Waals surface area contributed by atoms with Crippen molar-refractivity contribution in [2.75, 3.05) is 0 Å². The molecule has 0 bridgehead atoms. The quantitative estimate of drug-likeness (QED) is 0.835. The van der Waals surface area contributed by atoms with Gasteiger partial charge < -0.3 is 5.11 Å². The van der Waals surface area contributed by atoms with Gasteiger partial charge in [0.2, 0.25) is 0 Å². The molecule has 1 aromatic heterocycles. The number of phenols is 1. The third-order valence-electron chi connectivity index (χ3n) is 2.44. The molecule has 0 saturated carbocycles. The molecule has 0 aliphatic carbocycles. The molecule has 0 amide bonds. The van der Waals surface area contributed by atoms with Crippen molar-refractivity contribution in [3.63, 3.8) is 0 Å². The van der Waals surface area contributed by atoms with Crippen molar-refractivity contribution in [3.05, 3.63) is 42.1 Å². The molecule has 0 aliphatic rings. The van der Waals surface area contributed by atoms with E-state index >= 15 is 0 Å². The van der Waals surface area contributed by atoms with Crippen LogP contribution in [0, 0.1) is 0 Å². The fourth-order valence-electron chi connectivity index (χ4n) is 1.44. The normalized spacial score (nSPS) is 10.7. The summed E-state index contributed by atoms with van der Waals surface area (Å²) < 4.78 is 0. The Balaban J connectivity index is 2.31. The summed E-state index contributed by atoms with van der Waals surface area (Å²) in [6.07, 6.45) is 0. The third kappa shape index (κ3) is 2.19. The van der Waals surface area contributed by atoms with Gasteiger partial charge in [-0.15, -0.1) is 0 Å². The van der Waals surface area contributed by atoms with E-state index in [-0.39, 0.29) is 5.75 Å². The molecule has 2 aromatic rings. The predicted molar refractivity (Wildman–Crippen MR) is 63.2 cm³/mol. The number of hydrogen-bond donors (Lipinski definition) is 1. The molecule has 3 nitrogen and oxygen atoms in total. The van der Waals surface area contributed by atoms with Gasteiger partial charge in [-0.1, -0.05) is 13.8 Å². The van der Waals surface area contributed by atoms with Crippen LogP contribution in [0.15, 0.2) is 36.4 Å². The van der Waals surface area contributed by atoms with Gasteiger partial charge in [-0.2, -0.15) is 10.2 Å². The molecule has 0 saturated heterocycles. The average molecular weight is 214 g/mol. The van der Waals surface area contributed by atoms with Crippen LogP contribution in [-0.4, -0.2) is 15.3 Å². The summed E-state index contributed by atoms with van der Waals surface area (Å²) in [7, 11) is 0. The maximum absolute atomic E-state index is 9.18. The summed E-state index contributed by atoms with van der Waals surface area (Å²) in [4.78, 5) is 0. The van der Waals surface area contributed by atoms with Gasteiger partial charge in [0.1, 0.15) is 5.75 Å². The van der Waals surface area contributed by atoms with Gasteiger partial charge in [0.25, 0.3) is 0 Å². The summed E-state index contributed by atoms with van der Waals surface area (Å²) in [5, 5.41) is 17.5. The number of rotatable bonds is 2. The minimum atomic E-state index is 0.260. The highest BCUT2D eigenvalue weighted by Crippen LogP contribution is 2.20. The first kappa shape index (κ1) is 10.6. The summed E-state index contributed by atoms with van der Waals surface area (Å²) in [6, 6.07) is 10.9. The Bertz CT molecular complexity index is 460. The Morgan fingerprint density at radius 3 is 2.12 bits per heavy atom. The Morgan fingerprint density at radius 2 is 1.62 bits per heavy atom. The van der Waals surface area contributed by atoms with Gasteiger partial charge in [-0.25, -0.2) is 0 Å². The zero-order valence-corrected chi connectivity index (χ0v) is 9.38. The Hall–Kier alpha value is -1.90. The molecule has 1 heterocycles. The maximum Gasteiger partial charge on any atom is 0.115 e. The highest BCUT2D eigenvalue weighted by molar-refractivity contribution is 5.59. The molecule has 3 heteroatoms. The van der Waals surface area contributed by atoms with Gasteiger partial charge >= 0.3 is 0 Å². The highest BCUT2D eigenvalue weighted by atomic mass is 16.3. The van der Waals surface area contributed by atoms with Crippen LogP contribution < -0.4 is 0 Å². The fraction of sp³-hybridized carbons (Fsp3) is 0.231. The lowest BCUT2D eigenvalue weighted by molar-refractivity contribution is 0.475. The van der Waals surface area contributed by atoms with E-state index in [9.17, 15) is 5.11 Å². The standard InChI is InChI=1S/C13H14N2O/c1-9(2)12-7-8-13(15-14-12)10-3-5-11(16)6-4-10/h3-9,16H,1-2H3. The second-order valence-corrected chi connectivity index (χ2v) is 4.05. The van der Waals surface area contributed by atoms with Crippen molar-refractivity contribution in [1.29, 1.82) is 0 Å². The fourth-order valence-corrected chi connectivity index (χ4v) is 1.44. The Labute approximate surface area is 94.8 Å². The van der Waals surface area contributed by atoms with Gasteiger partial charge in [-0.05, 0) is 42.3 Å². The lowest BCUT2D eigenvalue weighted by Crippen LogP contribution is -1.95. The first-order valence-corrected chi connectivity index (χ1v) is 5.30. The summed E-state index contributed by atoms with van der Waals surface area (Å²) >= 11 is 0. The SMILES string of the molecule is CC(C)c1ccc(-c2ccc(O)cc2)nn1. The van der Waals surface area contributed by atoms with Crippen LogP contribution in [0.3, 0.4) is 0 Å². The van der Waals surface area contributed by atoms with Crippen molar-refractivity contribution in [2.24, 2.45) is 0 Å². The van der Waals surface area contributed by atoms with Gasteiger partial charge in [0, 0.05) is 5.56 Å². The topological polar surface area (TPSA) is 46.0 Å². The summed E-state index contributed by atoms with van der Waals surface area (Å²) in [6.45, 7) is 4.18. The molecule has 0 spiro atoms. The summed E-state index contributed by atoms with van der Waals surface area (Å²) in [5.41, 5.74) is 2.77. The van der Waals surface area contributed by atoms with Crippen molar-refractivity contribution < 1.29 is 5.11 Å². The van der Waals surface area contributed by atoms with E-state index in [4.69, 9.17) is 0 Å². The summed E-state index contributed by atoms with van der Waals surface area (Å²) in [5.74, 6) is 0.650. The van der Waals surface area contributed by atoms with Crippen LogP contribution in [-0.2, 0) is 0 Å². The largest absolute Gasteiger partial charge is 0.508 e. The molecule has 82 valence electrons. The van der Waals surface area contributed by atoms with Crippen LogP contribution in [0.1, 0.15) is 25.5 Å². The van der Waals surface area contributed by atoms with E-state index in [0.29, 0.717) is 5.92 Å². The van der Waals surface area contributed by atoms with Crippen molar-refractivity contribution in [2.45, 2.75) is 19.8 Å². The van der Waals surface area contributed by atoms with Gasteiger partial charge in [0.15, 0.2) is 0 Å². The molecule has 0 fully saturated rings. The van der Waals surface area contributed by atoms with E-state index in [1.165, 1.54) is 0 Å². The van der Waals surface area contributed by atoms with Crippen LogP contribution in [0.2, 0.25) is 0 Å². The molecule has 1 aromatic carbocycles. The lowest BCUT2D eigenvalue weighted by atomic mass is 10.1. The Morgan fingerprint density at radius 1 is 0.938 bits per heavy atom. The average Bonchev–Trinajstić information content (AvgIpc) is 2.30. The number of aromatic hydroxyl groups is 1. The highest BCUT2D eigenvalue weighted by Gasteiger charge is 2.03. The number of hydrogen-bond acceptors (Lipinski definition) is 3. The Kier molecular flexibility index (Phi) is 2.86. The molecule has 16 heavy (non-hydrogen) atoms. The van der Waals surface area contributed by atoms with Crippen molar-refractivity contribution in [1.82, 2.24) is 10.2 Å². The van der Waals surface area contributed by atoms with Gasteiger partial charge in [0.05, 0.1) is 11.4 Å². The monoisotopic (exact) mass is 214 g/mol. The first-order valence-electron chi connectivity index (χ1n) is 5.30. The molecule has 2 rings (SSSR count). The predicted octanol–water partition coefficient (Wildman–Crippen LogP) is 2.97. The minimum Gasteiger partial charge on any atom is -0.508 e. The van der Waals surface area contributed by atoms with Crippen LogP contribution >= 0.6 is 0 Å². The van der Waals surface area contributed by atoms with Gasteiger partial charge in [-0.3, -0.25) is 0 Å². The molecule has 1 N–H and O–H groups in total. The van der Waals surface area contributed by atoms with Crippen molar-refractivity contribution in [3.8, 4) is 17.0 Å². The van der Waals surface area contributed by atoms with E-state index in [1.54, 1.807) is 12.1 Å². The smallest absolute Gasteiger partial charge is 0.115 e. The second kappa shape index (κ2) is 4.31. The zero-order chi connectivity index (χ0) is 11.5. The van der Waals surface area contributed by atoms with Crippen LogP contribution in [0.4, 0.5) is 0 Å². The molecule has 0 atom stereocenters. The first-order chi connectivity index (χ1) is 7.66. The molecule has 0 radical (unpaired) electrons. The number of benzene rings is 1. The minimum absolute atomic E-state index is 0.260. The number of aromatic nitrogens is 2. The molecular weight excluding hydrogens is 200 g/mol. The van der Waals surface area contributed by atoms with E-state index in [2.05, 4.69) is 24.0 Å². The third-order valence-corrected chi connectivity index (χ3v) is 2.44. The number of nitrogens with zero attached hydrogens (tertiary/aromatic N) is 2. The maximum atomic E-state index is 9.18. The molecular formula is C13H14N2O. The van der Waals surface area contributed by atoms with E-state index in [1.807, 2.05) is 24.3 Å². The zero-order valence-electron chi connectivity index (χ0n) is 9.38. The van der Waals surface area contributed by atoms with Crippen LogP contribution in [0.25, 0.3) is 11.3 Å². The lowest BCUT2D eigenvalue weighted by Gasteiger charge is -2.04. The van der Waals surface area contributed by atoms with E-state index in [0.717, 1.165) is 17.0 Å². The number of phenolic OH excluding ortho intramolecular Hbond substituents is 1. The van der Waals surface area contributed by atoms with Crippen molar-refractivity contribution >= 4 is 0 Å². The molecule has 0 unspecified atom stereocenters. The molecule has 0 aliphatic heterocycles. The van der Waals surface area contributed by atoms with Crippen LogP contribution in [0.5, 0.6) is 5.75 Å².